The normalized spacial score (nSPS) is 13.0. The Kier molecular flexibility index (Phi) is 4.79. The van der Waals surface area contributed by atoms with Crippen LogP contribution < -0.4 is 5.32 Å². The van der Waals surface area contributed by atoms with E-state index in [1.807, 2.05) is 20.8 Å². The van der Waals surface area contributed by atoms with E-state index in [4.69, 9.17) is 0 Å². The van der Waals surface area contributed by atoms with Crippen LogP contribution >= 0.6 is 0 Å². The average molecular weight is 323 g/mol. The molecule has 0 radical (unpaired) electrons. The maximum atomic E-state index is 13.9. The van der Waals surface area contributed by atoms with Gasteiger partial charge in [0.25, 0.3) is 5.91 Å². The second-order valence-corrected chi connectivity index (χ2v) is 6.35. The topological polar surface area (TPSA) is 78.0 Å². The number of hydrogen-bond donors (Lipinski definition) is 3. The number of nitrogens with zero attached hydrogens (tertiary/aromatic N) is 1. The number of aliphatic hydroxyl groups excluding tert-OH is 1. The minimum Gasteiger partial charge on any atom is -0.391 e. The molecule has 2 aromatic rings. The van der Waals surface area contributed by atoms with Gasteiger partial charge in [-0.25, -0.2) is 8.78 Å². The van der Waals surface area contributed by atoms with Crippen molar-refractivity contribution in [1.29, 1.82) is 0 Å². The maximum absolute atomic E-state index is 13.9. The summed E-state index contributed by atoms with van der Waals surface area (Å²) in [5.41, 5.74) is -0.769. The summed E-state index contributed by atoms with van der Waals surface area (Å²) in [7, 11) is 0. The summed E-state index contributed by atoms with van der Waals surface area (Å²) >= 11 is 0. The van der Waals surface area contributed by atoms with Crippen LogP contribution in [-0.4, -0.2) is 33.9 Å². The molecule has 1 atom stereocenters. The molecule has 0 spiro atoms. The summed E-state index contributed by atoms with van der Waals surface area (Å²) in [5.74, 6) is -2.16. The second-order valence-electron chi connectivity index (χ2n) is 6.35. The zero-order valence-electron chi connectivity index (χ0n) is 13.2. The lowest BCUT2D eigenvalue weighted by Gasteiger charge is -2.25. The molecule has 0 aliphatic rings. The zero-order valence-corrected chi connectivity index (χ0v) is 13.2. The number of aliphatic hydroxyl groups is 1. The number of amides is 1. The van der Waals surface area contributed by atoms with Crippen LogP contribution in [0, 0.1) is 17.0 Å². The number of nitrogens with one attached hydrogen (secondary N) is 2. The lowest BCUT2D eigenvalue weighted by molar-refractivity contribution is 0.0587. The van der Waals surface area contributed by atoms with Crippen LogP contribution in [0.2, 0.25) is 0 Å². The highest BCUT2D eigenvalue weighted by molar-refractivity contribution is 5.99. The van der Waals surface area contributed by atoms with Gasteiger partial charge in [0.1, 0.15) is 11.6 Å². The first-order valence-electron chi connectivity index (χ1n) is 7.16. The summed E-state index contributed by atoms with van der Waals surface area (Å²) in [6, 6.07) is 3.44. The molecule has 1 heterocycles. The molecule has 1 aromatic heterocycles. The van der Waals surface area contributed by atoms with Gasteiger partial charge in [-0.3, -0.25) is 9.89 Å². The van der Waals surface area contributed by atoms with Gasteiger partial charge in [0.2, 0.25) is 0 Å². The Balaban J connectivity index is 2.23. The first kappa shape index (κ1) is 17.1. The van der Waals surface area contributed by atoms with Gasteiger partial charge in [-0.15, -0.1) is 0 Å². The fourth-order valence-corrected chi connectivity index (χ4v) is 1.98. The van der Waals surface area contributed by atoms with E-state index in [-0.39, 0.29) is 23.4 Å². The van der Waals surface area contributed by atoms with Crippen LogP contribution in [0.5, 0.6) is 0 Å². The van der Waals surface area contributed by atoms with Gasteiger partial charge in [-0.2, -0.15) is 5.10 Å². The van der Waals surface area contributed by atoms with Gasteiger partial charge < -0.3 is 10.4 Å². The van der Waals surface area contributed by atoms with Crippen LogP contribution in [0.4, 0.5) is 8.78 Å². The van der Waals surface area contributed by atoms with Crippen LogP contribution in [0.15, 0.2) is 24.4 Å². The van der Waals surface area contributed by atoms with E-state index in [0.29, 0.717) is 0 Å². The van der Waals surface area contributed by atoms with Gasteiger partial charge in [0.05, 0.1) is 29.1 Å². The van der Waals surface area contributed by atoms with Gasteiger partial charge in [0, 0.05) is 6.54 Å². The Bertz CT molecular complexity index is 687. The van der Waals surface area contributed by atoms with E-state index < -0.39 is 29.1 Å². The number of rotatable bonds is 4. The first-order chi connectivity index (χ1) is 10.7. The zero-order chi connectivity index (χ0) is 17.2. The molecule has 0 saturated heterocycles. The molecule has 1 amide bonds. The molecule has 7 heteroatoms. The summed E-state index contributed by atoms with van der Waals surface area (Å²) in [6.45, 7) is 5.53. The number of carbonyl (C=O) groups excluding carboxylic acids is 1. The molecule has 5 nitrogen and oxygen atoms in total. The molecule has 0 aliphatic carbocycles. The predicted molar refractivity (Wildman–Crippen MR) is 81.7 cm³/mol. The molecule has 3 N–H and O–H groups in total. The van der Waals surface area contributed by atoms with Crippen molar-refractivity contribution < 1.29 is 18.7 Å². The van der Waals surface area contributed by atoms with Crippen LogP contribution in [0.3, 0.4) is 0 Å². The van der Waals surface area contributed by atoms with E-state index in [0.717, 1.165) is 12.1 Å². The lowest BCUT2D eigenvalue weighted by atomic mass is 9.89. The highest BCUT2D eigenvalue weighted by atomic mass is 19.1. The highest BCUT2D eigenvalue weighted by Gasteiger charge is 2.25. The van der Waals surface area contributed by atoms with Crippen molar-refractivity contribution in [1.82, 2.24) is 15.5 Å². The molecule has 0 saturated carbocycles. The Morgan fingerprint density at radius 1 is 1.35 bits per heavy atom. The Labute approximate surface area is 132 Å². The second kappa shape index (κ2) is 6.45. The number of aromatic amines is 1. The molecule has 0 bridgehead atoms. The van der Waals surface area contributed by atoms with Crippen molar-refractivity contribution in [2.24, 2.45) is 5.41 Å². The molecule has 0 aliphatic heterocycles. The monoisotopic (exact) mass is 323 g/mol. The van der Waals surface area contributed by atoms with Gasteiger partial charge in [-0.05, 0) is 17.5 Å². The quantitative estimate of drug-likeness (QED) is 0.809. The number of halogens is 2. The molecule has 124 valence electrons. The summed E-state index contributed by atoms with van der Waals surface area (Å²) in [5, 5.41) is 18.6. The average Bonchev–Trinajstić information content (AvgIpc) is 2.92. The van der Waals surface area contributed by atoms with Crippen LogP contribution in [-0.2, 0) is 0 Å². The molecular formula is C16H19F2N3O2. The lowest BCUT2D eigenvalue weighted by Crippen LogP contribution is -2.39. The third kappa shape index (κ3) is 3.73. The van der Waals surface area contributed by atoms with Crippen molar-refractivity contribution >= 4 is 5.91 Å². The Morgan fingerprint density at radius 2 is 1.96 bits per heavy atom. The SMILES string of the molecule is CC(C)(C)C(O)CNC(=O)c1cn[nH]c1-c1c(F)cccc1F. The third-order valence-electron chi connectivity index (χ3n) is 3.55. The molecule has 2 rings (SSSR count). The molecule has 23 heavy (non-hydrogen) atoms. The van der Waals surface area contributed by atoms with Crippen molar-refractivity contribution in [2.45, 2.75) is 26.9 Å². The third-order valence-corrected chi connectivity index (χ3v) is 3.55. The van der Waals surface area contributed by atoms with Gasteiger partial charge in [-0.1, -0.05) is 26.8 Å². The summed E-state index contributed by atoms with van der Waals surface area (Å²) < 4.78 is 27.7. The first-order valence-corrected chi connectivity index (χ1v) is 7.16. The number of benzene rings is 1. The fraction of sp³-hybridized carbons (Fsp3) is 0.375. The largest absolute Gasteiger partial charge is 0.391 e. The predicted octanol–water partition coefficient (Wildman–Crippen LogP) is 2.49. The van der Waals surface area contributed by atoms with E-state index in [1.165, 1.54) is 12.3 Å². The van der Waals surface area contributed by atoms with E-state index in [9.17, 15) is 18.7 Å². The van der Waals surface area contributed by atoms with Crippen molar-refractivity contribution in [3.05, 3.63) is 41.6 Å². The van der Waals surface area contributed by atoms with Crippen LogP contribution in [0.1, 0.15) is 31.1 Å². The number of aromatic nitrogens is 2. The summed E-state index contributed by atoms with van der Waals surface area (Å²) in [6.07, 6.45) is 0.437. The maximum Gasteiger partial charge on any atom is 0.255 e. The number of H-pyrrole nitrogens is 1. The molecule has 1 aromatic carbocycles. The van der Waals surface area contributed by atoms with Crippen molar-refractivity contribution in [3.63, 3.8) is 0 Å². The molecule has 1 unspecified atom stereocenters. The van der Waals surface area contributed by atoms with E-state index >= 15 is 0 Å². The highest BCUT2D eigenvalue weighted by Crippen LogP contribution is 2.27. The van der Waals surface area contributed by atoms with Gasteiger partial charge >= 0.3 is 0 Å². The van der Waals surface area contributed by atoms with E-state index in [2.05, 4.69) is 15.5 Å². The molecular weight excluding hydrogens is 304 g/mol. The Morgan fingerprint density at radius 3 is 2.52 bits per heavy atom. The number of hydrogen-bond acceptors (Lipinski definition) is 3. The minimum atomic E-state index is -0.793. The molecule has 0 fully saturated rings. The van der Waals surface area contributed by atoms with E-state index in [1.54, 1.807) is 0 Å². The fourth-order valence-electron chi connectivity index (χ4n) is 1.98. The van der Waals surface area contributed by atoms with Crippen LogP contribution in [0.25, 0.3) is 11.3 Å². The van der Waals surface area contributed by atoms with Crippen molar-refractivity contribution in [2.75, 3.05) is 6.54 Å². The Hall–Kier alpha value is -2.28. The minimum absolute atomic E-state index is 0.00936. The number of carbonyl (C=O) groups is 1. The standard InChI is InChI=1S/C16H19F2N3O2/c1-16(2,3)12(22)8-19-15(23)9-7-20-21-14(9)13-10(17)5-4-6-11(13)18/h4-7,12,22H,8H2,1-3H3,(H,19,23)(H,20,21). The summed E-state index contributed by atoms with van der Waals surface area (Å²) in [4.78, 5) is 12.2. The van der Waals surface area contributed by atoms with Gasteiger partial charge in [0.15, 0.2) is 0 Å². The smallest absolute Gasteiger partial charge is 0.255 e. The van der Waals surface area contributed by atoms with Crippen molar-refractivity contribution in [3.8, 4) is 11.3 Å².